The Labute approximate surface area is 139 Å². The van der Waals surface area contributed by atoms with E-state index >= 15 is 0 Å². The number of anilines is 1. The average Bonchev–Trinajstić information content (AvgIpc) is 3.12. The number of hydrogen-bond acceptors (Lipinski definition) is 7. The van der Waals surface area contributed by atoms with Gasteiger partial charge < -0.3 is 9.64 Å². The van der Waals surface area contributed by atoms with Crippen LogP contribution in [0.3, 0.4) is 0 Å². The van der Waals surface area contributed by atoms with Crippen molar-refractivity contribution >= 4 is 16.9 Å². The molecule has 1 saturated heterocycles. The number of ether oxygens (including phenoxy) is 1. The van der Waals surface area contributed by atoms with E-state index in [0.29, 0.717) is 5.88 Å². The van der Waals surface area contributed by atoms with Crippen molar-refractivity contribution in [3.8, 4) is 5.88 Å². The molecular formula is C16H19N7O. The highest BCUT2D eigenvalue weighted by Crippen LogP contribution is 2.22. The molecule has 8 heteroatoms. The van der Waals surface area contributed by atoms with E-state index in [2.05, 4.69) is 41.0 Å². The molecule has 0 spiro atoms. The standard InChI is InChI=1S/C16H19N7O/c1-24-14-3-2-12(8-17-14)10-22-4-6-23(7-5-22)16-13-9-20-21-15(13)18-11-19-16/h2-3,8-9,11H,4-7,10H2,1H3,(H,18,19,20,21). The Kier molecular flexibility index (Phi) is 3.96. The van der Waals surface area contributed by atoms with Gasteiger partial charge in [-0.1, -0.05) is 6.07 Å². The van der Waals surface area contributed by atoms with Gasteiger partial charge in [-0.2, -0.15) is 5.10 Å². The predicted octanol–water partition coefficient (Wildman–Crippen LogP) is 1.08. The molecule has 124 valence electrons. The zero-order chi connectivity index (χ0) is 16.4. The number of pyridine rings is 1. The number of methoxy groups -OCH3 is 1. The minimum Gasteiger partial charge on any atom is -0.481 e. The Balaban J connectivity index is 1.40. The van der Waals surface area contributed by atoms with Crippen molar-refractivity contribution in [3.63, 3.8) is 0 Å². The van der Waals surface area contributed by atoms with Gasteiger partial charge in [0.2, 0.25) is 5.88 Å². The lowest BCUT2D eigenvalue weighted by Gasteiger charge is -2.35. The van der Waals surface area contributed by atoms with E-state index in [4.69, 9.17) is 4.74 Å². The van der Waals surface area contributed by atoms with Crippen LogP contribution in [0.5, 0.6) is 5.88 Å². The molecule has 0 saturated carbocycles. The molecule has 1 N–H and O–H groups in total. The topological polar surface area (TPSA) is 83.1 Å². The predicted molar refractivity (Wildman–Crippen MR) is 90.0 cm³/mol. The summed E-state index contributed by atoms with van der Waals surface area (Å²) >= 11 is 0. The molecule has 1 fully saturated rings. The molecular weight excluding hydrogens is 306 g/mol. The Morgan fingerprint density at radius 1 is 1.08 bits per heavy atom. The zero-order valence-corrected chi connectivity index (χ0v) is 13.5. The van der Waals surface area contributed by atoms with E-state index in [1.165, 1.54) is 5.56 Å². The Morgan fingerprint density at radius 3 is 2.71 bits per heavy atom. The van der Waals surface area contributed by atoms with Crippen LogP contribution in [0.15, 0.2) is 30.9 Å². The highest BCUT2D eigenvalue weighted by Gasteiger charge is 2.20. The number of rotatable bonds is 4. The molecule has 0 bridgehead atoms. The molecule has 0 amide bonds. The number of nitrogens with zero attached hydrogens (tertiary/aromatic N) is 6. The number of piperazine rings is 1. The van der Waals surface area contributed by atoms with E-state index in [1.54, 1.807) is 19.6 Å². The van der Waals surface area contributed by atoms with Gasteiger partial charge in [-0.3, -0.25) is 10.00 Å². The van der Waals surface area contributed by atoms with E-state index in [-0.39, 0.29) is 0 Å². The second-order valence-electron chi connectivity index (χ2n) is 5.80. The molecule has 24 heavy (non-hydrogen) atoms. The van der Waals surface area contributed by atoms with Crippen molar-refractivity contribution < 1.29 is 4.74 Å². The first-order valence-corrected chi connectivity index (χ1v) is 7.94. The van der Waals surface area contributed by atoms with Crippen molar-refractivity contribution in [1.82, 2.24) is 30.0 Å². The number of H-pyrrole nitrogens is 1. The normalized spacial score (nSPS) is 15.8. The van der Waals surface area contributed by atoms with Crippen molar-refractivity contribution in [2.24, 2.45) is 0 Å². The van der Waals surface area contributed by atoms with Crippen LogP contribution in [0, 0.1) is 0 Å². The number of fused-ring (bicyclic) bond motifs is 1. The third-order valence-corrected chi connectivity index (χ3v) is 4.31. The van der Waals surface area contributed by atoms with E-state index in [9.17, 15) is 0 Å². The summed E-state index contributed by atoms with van der Waals surface area (Å²) in [5.74, 6) is 1.61. The maximum Gasteiger partial charge on any atom is 0.212 e. The van der Waals surface area contributed by atoms with Crippen LogP contribution in [-0.2, 0) is 6.54 Å². The molecule has 4 heterocycles. The van der Waals surface area contributed by atoms with Gasteiger partial charge in [0.1, 0.15) is 12.1 Å². The van der Waals surface area contributed by atoms with E-state index in [1.807, 2.05) is 12.3 Å². The lowest BCUT2D eigenvalue weighted by atomic mass is 10.2. The fourth-order valence-electron chi connectivity index (χ4n) is 3.01. The lowest BCUT2D eigenvalue weighted by molar-refractivity contribution is 0.249. The maximum atomic E-state index is 5.10. The van der Waals surface area contributed by atoms with Gasteiger partial charge in [-0.15, -0.1) is 0 Å². The quantitative estimate of drug-likeness (QED) is 0.768. The van der Waals surface area contributed by atoms with Gasteiger partial charge in [0.25, 0.3) is 0 Å². The molecule has 0 aliphatic carbocycles. The number of aromatic nitrogens is 5. The Bertz CT molecular complexity index is 809. The van der Waals surface area contributed by atoms with Crippen LogP contribution in [-0.4, -0.2) is 63.3 Å². The second-order valence-corrected chi connectivity index (χ2v) is 5.80. The molecule has 4 rings (SSSR count). The van der Waals surface area contributed by atoms with Crippen molar-refractivity contribution in [1.29, 1.82) is 0 Å². The summed E-state index contributed by atoms with van der Waals surface area (Å²) in [5, 5.41) is 7.93. The first-order chi connectivity index (χ1) is 11.8. The van der Waals surface area contributed by atoms with E-state index < -0.39 is 0 Å². The molecule has 3 aromatic heterocycles. The maximum absolute atomic E-state index is 5.10. The van der Waals surface area contributed by atoms with Crippen LogP contribution >= 0.6 is 0 Å². The molecule has 1 aliphatic heterocycles. The summed E-state index contributed by atoms with van der Waals surface area (Å²) in [6.07, 6.45) is 5.26. The summed E-state index contributed by atoms with van der Waals surface area (Å²) in [6.45, 7) is 4.72. The third kappa shape index (κ3) is 2.88. The first kappa shape index (κ1) is 14.8. The molecule has 1 aliphatic rings. The number of aromatic amines is 1. The van der Waals surface area contributed by atoms with Gasteiger partial charge >= 0.3 is 0 Å². The summed E-state index contributed by atoms with van der Waals surface area (Å²) < 4.78 is 5.10. The lowest BCUT2D eigenvalue weighted by Crippen LogP contribution is -2.46. The zero-order valence-electron chi connectivity index (χ0n) is 13.5. The van der Waals surface area contributed by atoms with Crippen LogP contribution in [0.25, 0.3) is 11.0 Å². The minimum atomic E-state index is 0.649. The van der Waals surface area contributed by atoms with Gasteiger partial charge in [0.15, 0.2) is 5.65 Å². The van der Waals surface area contributed by atoms with Crippen molar-refractivity contribution in [2.75, 3.05) is 38.2 Å². The van der Waals surface area contributed by atoms with Crippen molar-refractivity contribution in [2.45, 2.75) is 6.54 Å². The number of nitrogens with one attached hydrogen (secondary N) is 1. The fourth-order valence-corrected chi connectivity index (χ4v) is 3.01. The summed E-state index contributed by atoms with van der Waals surface area (Å²) in [6, 6.07) is 3.97. The molecule has 0 radical (unpaired) electrons. The van der Waals surface area contributed by atoms with Crippen molar-refractivity contribution in [3.05, 3.63) is 36.4 Å². The summed E-state index contributed by atoms with van der Waals surface area (Å²) in [7, 11) is 1.63. The molecule has 3 aromatic rings. The molecule has 0 unspecified atom stereocenters. The SMILES string of the molecule is COc1ccc(CN2CCN(c3ncnc4[nH]ncc34)CC2)cn1. The van der Waals surface area contributed by atoms with Crippen LogP contribution < -0.4 is 9.64 Å². The summed E-state index contributed by atoms with van der Waals surface area (Å²) in [5.41, 5.74) is 1.98. The smallest absolute Gasteiger partial charge is 0.212 e. The Morgan fingerprint density at radius 2 is 1.96 bits per heavy atom. The highest BCUT2D eigenvalue weighted by atomic mass is 16.5. The van der Waals surface area contributed by atoms with E-state index in [0.717, 1.165) is 49.6 Å². The van der Waals surface area contributed by atoms with Gasteiger partial charge in [-0.25, -0.2) is 15.0 Å². The monoisotopic (exact) mass is 325 g/mol. The molecule has 0 atom stereocenters. The van der Waals surface area contributed by atoms with Gasteiger partial charge in [-0.05, 0) is 5.56 Å². The average molecular weight is 325 g/mol. The first-order valence-electron chi connectivity index (χ1n) is 7.94. The number of hydrogen-bond donors (Lipinski definition) is 1. The van der Waals surface area contributed by atoms with Crippen LogP contribution in [0.1, 0.15) is 5.56 Å². The fraction of sp³-hybridized carbons (Fsp3) is 0.375. The molecule has 0 aromatic carbocycles. The summed E-state index contributed by atoms with van der Waals surface area (Å²) in [4.78, 5) is 17.6. The Hall–Kier alpha value is -2.74. The third-order valence-electron chi connectivity index (χ3n) is 4.31. The van der Waals surface area contributed by atoms with Gasteiger partial charge in [0.05, 0.1) is 18.7 Å². The van der Waals surface area contributed by atoms with Crippen LogP contribution in [0.4, 0.5) is 5.82 Å². The van der Waals surface area contributed by atoms with Gasteiger partial charge in [0, 0.05) is 45.0 Å². The van der Waals surface area contributed by atoms with Crippen LogP contribution in [0.2, 0.25) is 0 Å². The largest absolute Gasteiger partial charge is 0.481 e. The second kappa shape index (κ2) is 6.40. The minimum absolute atomic E-state index is 0.649. The molecule has 8 nitrogen and oxygen atoms in total. The highest BCUT2D eigenvalue weighted by molar-refractivity contribution is 5.86.